The van der Waals surface area contributed by atoms with Crippen molar-refractivity contribution in [3.63, 3.8) is 0 Å². The van der Waals surface area contributed by atoms with Gasteiger partial charge in [-0.05, 0) is 66.3 Å². The fraction of sp³-hybridized carbons (Fsp3) is 0.192. The summed E-state index contributed by atoms with van der Waals surface area (Å²) < 4.78 is 4.91. The number of amidine groups is 1. The van der Waals surface area contributed by atoms with Crippen LogP contribution in [-0.2, 0) is 4.74 Å². The van der Waals surface area contributed by atoms with E-state index in [1.165, 1.54) is 22.3 Å². The molecule has 166 valence electrons. The van der Waals surface area contributed by atoms with Crippen LogP contribution in [0.3, 0.4) is 0 Å². The molecule has 0 atom stereocenters. The topological polar surface area (TPSA) is 85.1 Å². The zero-order chi connectivity index (χ0) is 23.8. The van der Waals surface area contributed by atoms with E-state index in [1.807, 2.05) is 31.2 Å². The molecule has 0 heterocycles. The standard InChI is InChI=1S/C16H16.C9H15NO.CH3ClN2/c1-12(2)16-13(3)8-7-11-15(16)14-9-5-4-6-10-14;1-8(7-10)5-4-6-9(2)11-3;2-1(3)4/h4-11H,1H2,2-3H3;4-6H,1,7,10H2,2-3H3;(H3,3,4)/b;5-4-,9-6+;. The summed E-state index contributed by atoms with van der Waals surface area (Å²) in [6, 6.07) is 16.9. The highest BCUT2D eigenvalue weighted by atomic mass is 35.5. The van der Waals surface area contributed by atoms with Crippen LogP contribution in [0, 0.1) is 12.3 Å². The van der Waals surface area contributed by atoms with E-state index in [9.17, 15) is 0 Å². The van der Waals surface area contributed by atoms with Crippen molar-refractivity contribution in [3.8, 4) is 11.1 Å². The molecular formula is C26H34ClN3O. The second-order valence-corrected chi connectivity index (χ2v) is 7.10. The van der Waals surface area contributed by atoms with Crippen LogP contribution in [0.4, 0.5) is 0 Å². The summed E-state index contributed by atoms with van der Waals surface area (Å²) in [5, 5.41) is 5.68. The maximum absolute atomic E-state index is 6.04. The minimum absolute atomic E-state index is 0.361. The summed E-state index contributed by atoms with van der Waals surface area (Å²) in [6.07, 6.45) is 5.59. The largest absolute Gasteiger partial charge is 0.501 e. The van der Waals surface area contributed by atoms with E-state index in [-0.39, 0.29) is 5.29 Å². The first-order valence-electron chi connectivity index (χ1n) is 9.71. The lowest BCUT2D eigenvalue weighted by atomic mass is 9.92. The van der Waals surface area contributed by atoms with E-state index in [0.29, 0.717) is 6.54 Å². The second kappa shape index (κ2) is 15.7. The molecule has 0 spiro atoms. The summed E-state index contributed by atoms with van der Waals surface area (Å²) in [5.74, 6) is 0.867. The average molecular weight is 440 g/mol. The fourth-order valence-corrected chi connectivity index (χ4v) is 2.55. The summed E-state index contributed by atoms with van der Waals surface area (Å²) in [6.45, 7) is 14.4. The van der Waals surface area contributed by atoms with Gasteiger partial charge in [-0.1, -0.05) is 79.4 Å². The van der Waals surface area contributed by atoms with Gasteiger partial charge in [0.15, 0.2) is 5.29 Å². The van der Waals surface area contributed by atoms with Gasteiger partial charge >= 0.3 is 0 Å². The number of nitrogens with two attached hydrogens (primary N) is 2. The molecule has 0 unspecified atom stereocenters. The zero-order valence-corrected chi connectivity index (χ0v) is 19.7. The Hall–Kier alpha value is -3.08. The van der Waals surface area contributed by atoms with Crippen molar-refractivity contribution in [1.82, 2.24) is 0 Å². The number of aryl methyl sites for hydroxylation is 1. The van der Waals surface area contributed by atoms with Crippen LogP contribution >= 0.6 is 11.6 Å². The van der Waals surface area contributed by atoms with Gasteiger partial charge in [0.2, 0.25) is 0 Å². The SMILES string of the molecule is C=C(/C=C\C=C(/C)OC)CN.C=C(C)c1c(C)cccc1-c1ccccc1.N=C(N)Cl. The van der Waals surface area contributed by atoms with Crippen LogP contribution in [0.15, 0.2) is 91.2 Å². The Labute approximate surface area is 192 Å². The normalized spacial score (nSPS) is 10.3. The summed E-state index contributed by atoms with van der Waals surface area (Å²) in [7, 11) is 1.64. The van der Waals surface area contributed by atoms with E-state index in [0.717, 1.165) is 16.9 Å². The lowest BCUT2D eigenvalue weighted by Crippen LogP contribution is -1.98. The highest BCUT2D eigenvalue weighted by Crippen LogP contribution is 2.30. The molecule has 0 amide bonds. The van der Waals surface area contributed by atoms with E-state index in [4.69, 9.17) is 15.9 Å². The smallest absolute Gasteiger partial charge is 0.185 e. The average Bonchev–Trinajstić information content (AvgIpc) is 2.73. The molecule has 0 bridgehead atoms. The molecule has 2 rings (SSSR count). The summed E-state index contributed by atoms with van der Waals surface area (Å²) in [5.41, 5.74) is 16.9. The van der Waals surface area contributed by atoms with Gasteiger partial charge in [-0.3, -0.25) is 5.41 Å². The zero-order valence-electron chi connectivity index (χ0n) is 18.9. The van der Waals surface area contributed by atoms with Crippen molar-refractivity contribution in [1.29, 1.82) is 5.41 Å². The Bertz CT molecular complexity index is 912. The Morgan fingerprint density at radius 1 is 1.10 bits per heavy atom. The van der Waals surface area contributed by atoms with Crippen LogP contribution in [0.2, 0.25) is 0 Å². The molecular weight excluding hydrogens is 406 g/mol. The van der Waals surface area contributed by atoms with E-state index < -0.39 is 0 Å². The molecule has 0 aliphatic carbocycles. The number of halogens is 1. The Kier molecular flexibility index (Phi) is 14.2. The van der Waals surface area contributed by atoms with Crippen molar-refractivity contribution >= 4 is 22.5 Å². The molecule has 5 heteroatoms. The van der Waals surface area contributed by atoms with Crippen LogP contribution in [0.25, 0.3) is 16.7 Å². The van der Waals surface area contributed by atoms with Crippen LogP contribution < -0.4 is 11.5 Å². The van der Waals surface area contributed by atoms with Crippen LogP contribution in [-0.4, -0.2) is 18.9 Å². The molecule has 31 heavy (non-hydrogen) atoms. The highest BCUT2D eigenvalue weighted by molar-refractivity contribution is 6.63. The van der Waals surface area contributed by atoms with Gasteiger partial charge in [-0.2, -0.15) is 0 Å². The van der Waals surface area contributed by atoms with Crippen molar-refractivity contribution in [2.75, 3.05) is 13.7 Å². The number of hydrogen-bond acceptors (Lipinski definition) is 3. The second-order valence-electron chi connectivity index (χ2n) is 6.69. The maximum Gasteiger partial charge on any atom is 0.185 e. The van der Waals surface area contributed by atoms with Crippen LogP contribution in [0.1, 0.15) is 25.0 Å². The van der Waals surface area contributed by atoms with E-state index in [1.54, 1.807) is 7.11 Å². The van der Waals surface area contributed by atoms with Gasteiger partial charge in [-0.25, -0.2) is 0 Å². The first-order chi connectivity index (χ1) is 14.6. The van der Waals surface area contributed by atoms with Crippen molar-refractivity contribution < 1.29 is 4.74 Å². The third-order valence-electron chi connectivity index (χ3n) is 4.03. The van der Waals surface area contributed by atoms with Gasteiger partial charge in [0.05, 0.1) is 12.9 Å². The van der Waals surface area contributed by atoms with Crippen molar-refractivity contribution in [2.24, 2.45) is 11.5 Å². The monoisotopic (exact) mass is 439 g/mol. The fourth-order valence-electron chi connectivity index (χ4n) is 2.55. The third kappa shape index (κ3) is 12.3. The number of hydrogen-bond donors (Lipinski definition) is 3. The quantitative estimate of drug-likeness (QED) is 0.159. The molecule has 0 saturated carbocycles. The predicted molar refractivity (Wildman–Crippen MR) is 137 cm³/mol. The number of rotatable bonds is 6. The van der Waals surface area contributed by atoms with Gasteiger partial charge in [0.1, 0.15) is 0 Å². The molecule has 0 aliphatic rings. The molecule has 5 N–H and O–H groups in total. The first-order valence-corrected chi connectivity index (χ1v) is 10.1. The highest BCUT2D eigenvalue weighted by Gasteiger charge is 2.07. The minimum Gasteiger partial charge on any atom is -0.501 e. The van der Waals surface area contributed by atoms with Crippen molar-refractivity contribution in [3.05, 3.63) is 102 Å². The number of methoxy groups -OCH3 is 1. The van der Waals surface area contributed by atoms with E-state index in [2.05, 4.69) is 86.8 Å². The predicted octanol–water partition coefficient (Wildman–Crippen LogP) is 6.42. The molecule has 0 aromatic heterocycles. The van der Waals surface area contributed by atoms with Gasteiger partial charge in [0.25, 0.3) is 0 Å². The molecule has 0 radical (unpaired) electrons. The first kappa shape index (κ1) is 27.9. The molecule has 0 fully saturated rings. The van der Waals surface area contributed by atoms with Crippen molar-refractivity contribution in [2.45, 2.75) is 20.8 Å². The van der Waals surface area contributed by atoms with Crippen LogP contribution in [0.5, 0.6) is 0 Å². The number of allylic oxidation sites excluding steroid dienone is 4. The summed E-state index contributed by atoms with van der Waals surface area (Å²) in [4.78, 5) is 0. The molecule has 0 saturated heterocycles. The van der Waals surface area contributed by atoms with Gasteiger partial charge < -0.3 is 16.2 Å². The Morgan fingerprint density at radius 3 is 2.16 bits per heavy atom. The lowest BCUT2D eigenvalue weighted by molar-refractivity contribution is 0.294. The molecule has 2 aromatic rings. The van der Waals surface area contributed by atoms with Gasteiger partial charge in [-0.15, -0.1) is 0 Å². The number of nitrogens with one attached hydrogen (secondary N) is 1. The van der Waals surface area contributed by atoms with Gasteiger partial charge in [0, 0.05) is 6.54 Å². The summed E-state index contributed by atoms with van der Waals surface area (Å²) >= 11 is 4.64. The molecule has 2 aromatic carbocycles. The van der Waals surface area contributed by atoms with E-state index >= 15 is 0 Å². The maximum atomic E-state index is 6.04. The lowest BCUT2D eigenvalue weighted by Gasteiger charge is -2.12. The third-order valence-corrected chi connectivity index (χ3v) is 4.03. The number of ether oxygens (including phenoxy) is 1. The Balaban J connectivity index is 0.000000523. The molecule has 0 aliphatic heterocycles. The number of benzene rings is 2. The molecule has 4 nitrogen and oxygen atoms in total. The minimum atomic E-state index is -0.361. The Morgan fingerprint density at radius 2 is 1.68 bits per heavy atom.